The molecule has 0 N–H and O–H groups in total. The van der Waals surface area contributed by atoms with E-state index in [1.54, 1.807) is 16.5 Å². The number of thiazole rings is 1. The lowest BCUT2D eigenvalue weighted by Crippen LogP contribution is -2.22. The molecule has 0 bridgehead atoms. The van der Waals surface area contributed by atoms with Crippen LogP contribution in [-0.2, 0) is 10.1 Å². The number of non-ortho nitro benzene ring substituents is 1. The topological polar surface area (TPSA) is 121 Å². The summed E-state index contributed by atoms with van der Waals surface area (Å²) in [6.07, 6.45) is 1.63. The molecule has 0 saturated carbocycles. The van der Waals surface area contributed by atoms with Gasteiger partial charge >= 0.3 is 10.1 Å². The number of nitro benzene ring substituents is 1. The van der Waals surface area contributed by atoms with Crippen LogP contribution in [0.4, 0.5) is 5.69 Å². The van der Waals surface area contributed by atoms with E-state index in [-0.39, 0.29) is 21.9 Å². The third-order valence-electron chi connectivity index (χ3n) is 4.94. The van der Waals surface area contributed by atoms with Crippen molar-refractivity contribution in [1.29, 1.82) is 0 Å². The molecule has 34 heavy (non-hydrogen) atoms. The summed E-state index contributed by atoms with van der Waals surface area (Å²) in [6, 6.07) is 16.3. The van der Waals surface area contributed by atoms with E-state index in [4.69, 9.17) is 4.18 Å². The zero-order chi connectivity index (χ0) is 24.0. The molecule has 5 rings (SSSR count). The third-order valence-corrected chi connectivity index (χ3v) is 7.89. The number of rotatable bonds is 5. The van der Waals surface area contributed by atoms with Crippen molar-refractivity contribution in [2.75, 3.05) is 0 Å². The van der Waals surface area contributed by atoms with Crippen molar-refractivity contribution in [3.8, 4) is 5.75 Å². The average molecular weight is 558 g/mol. The van der Waals surface area contributed by atoms with E-state index in [0.717, 1.165) is 29.8 Å². The second-order valence-corrected chi connectivity index (χ2v) is 10.5. The minimum Gasteiger partial charge on any atom is -0.379 e. The molecule has 0 aliphatic carbocycles. The molecular weight excluding hydrogens is 546 g/mol. The molecule has 2 aromatic heterocycles. The first-order chi connectivity index (χ1) is 16.2. The maximum absolute atomic E-state index is 13.0. The van der Waals surface area contributed by atoms with Gasteiger partial charge in [0.2, 0.25) is 0 Å². The molecule has 0 radical (unpaired) electrons. The van der Waals surface area contributed by atoms with Gasteiger partial charge in [0, 0.05) is 16.6 Å². The molecular formula is C22H12BrN3O6S2. The van der Waals surface area contributed by atoms with E-state index >= 15 is 0 Å². The summed E-state index contributed by atoms with van der Waals surface area (Å²) < 4.78 is 33.1. The van der Waals surface area contributed by atoms with Crippen molar-refractivity contribution in [1.82, 2.24) is 9.38 Å². The minimum atomic E-state index is -4.23. The molecule has 0 atom stereocenters. The van der Waals surface area contributed by atoms with E-state index in [0.29, 0.717) is 25.0 Å². The van der Waals surface area contributed by atoms with Gasteiger partial charge in [0.05, 0.1) is 20.5 Å². The normalized spacial score (nSPS) is 12.4. The van der Waals surface area contributed by atoms with Crippen LogP contribution in [0.3, 0.4) is 0 Å². The minimum absolute atomic E-state index is 0.0204. The Hall–Kier alpha value is -3.61. The standard InChI is InChI=1S/C22H12BrN3O6S2/c23-17-10-7-15(32-34(30,31)16-8-5-14(6-9-16)26(28)29)11-13(17)12-20-21(27)25-19-4-2-1-3-18(19)24-22(25)33-20/h1-12H. The number of para-hydroxylation sites is 2. The number of nitrogens with zero attached hydrogens (tertiary/aromatic N) is 3. The number of imidazole rings is 1. The fourth-order valence-electron chi connectivity index (χ4n) is 3.35. The van der Waals surface area contributed by atoms with E-state index in [1.807, 2.05) is 24.3 Å². The predicted octanol–water partition coefficient (Wildman–Crippen LogP) is 3.90. The number of halogens is 1. The molecule has 0 amide bonds. The molecule has 9 nitrogen and oxygen atoms in total. The van der Waals surface area contributed by atoms with Crippen molar-refractivity contribution in [3.63, 3.8) is 0 Å². The van der Waals surface area contributed by atoms with Gasteiger partial charge in [0.25, 0.3) is 11.2 Å². The maximum atomic E-state index is 13.0. The Morgan fingerprint density at radius 3 is 2.56 bits per heavy atom. The first-order valence-electron chi connectivity index (χ1n) is 9.63. The fraction of sp³-hybridized carbons (Fsp3) is 0. The van der Waals surface area contributed by atoms with Gasteiger partial charge in [-0.1, -0.05) is 39.4 Å². The largest absolute Gasteiger partial charge is 0.379 e. The van der Waals surface area contributed by atoms with Crippen LogP contribution in [0.25, 0.3) is 22.1 Å². The summed E-state index contributed by atoms with van der Waals surface area (Å²) in [6.45, 7) is 0. The highest BCUT2D eigenvalue weighted by molar-refractivity contribution is 9.10. The zero-order valence-corrected chi connectivity index (χ0v) is 20.1. The number of hydrogen-bond donors (Lipinski definition) is 0. The Morgan fingerprint density at radius 1 is 1.09 bits per heavy atom. The highest BCUT2D eigenvalue weighted by Gasteiger charge is 2.19. The van der Waals surface area contributed by atoms with Gasteiger partial charge in [-0.2, -0.15) is 8.42 Å². The summed E-state index contributed by atoms with van der Waals surface area (Å²) in [5, 5.41) is 10.8. The van der Waals surface area contributed by atoms with E-state index in [1.165, 1.54) is 23.5 Å². The number of fused-ring (bicyclic) bond motifs is 3. The summed E-state index contributed by atoms with van der Waals surface area (Å²) >= 11 is 4.63. The van der Waals surface area contributed by atoms with Crippen LogP contribution in [0, 0.1) is 10.1 Å². The van der Waals surface area contributed by atoms with E-state index in [9.17, 15) is 23.3 Å². The van der Waals surface area contributed by atoms with Crippen LogP contribution in [0.5, 0.6) is 5.75 Å². The Morgan fingerprint density at radius 2 is 1.82 bits per heavy atom. The van der Waals surface area contributed by atoms with Gasteiger partial charge in [0.15, 0.2) is 4.96 Å². The lowest BCUT2D eigenvalue weighted by Gasteiger charge is -2.08. The van der Waals surface area contributed by atoms with Gasteiger partial charge in [-0.3, -0.25) is 14.9 Å². The van der Waals surface area contributed by atoms with E-state index in [2.05, 4.69) is 20.9 Å². The quantitative estimate of drug-likeness (QED) is 0.182. The van der Waals surface area contributed by atoms with Crippen molar-refractivity contribution in [2.24, 2.45) is 0 Å². The highest BCUT2D eigenvalue weighted by atomic mass is 79.9. The van der Waals surface area contributed by atoms with Gasteiger partial charge in [-0.05, 0) is 54.1 Å². The Labute approximate surface area is 204 Å². The Bertz CT molecular complexity index is 1810. The monoisotopic (exact) mass is 557 g/mol. The zero-order valence-electron chi connectivity index (χ0n) is 16.9. The van der Waals surface area contributed by atoms with Crippen molar-refractivity contribution < 1.29 is 17.5 Å². The van der Waals surface area contributed by atoms with Gasteiger partial charge in [-0.15, -0.1) is 0 Å². The molecule has 3 aromatic carbocycles. The summed E-state index contributed by atoms with van der Waals surface area (Å²) in [7, 11) is -4.23. The molecule has 170 valence electrons. The predicted molar refractivity (Wildman–Crippen MR) is 131 cm³/mol. The van der Waals surface area contributed by atoms with E-state index < -0.39 is 15.0 Å². The van der Waals surface area contributed by atoms with Gasteiger partial charge in [0.1, 0.15) is 10.6 Å². The van der Waals surface area contributed by atoms with Crippen LogP contribution in [0.15, 0.2) is 80.9 Å². The van der Waals surface area contributed by atoms with Crippen LogP contribution < -0.4 is 14.3 Å². The molecule has 2 heterocycles. The lowest BCUT2D eigenvalue weighted by atomic mass is 10.2. The molecule has 0 spiro atoms. The molecule has 0 aliphatic rings. The maximum Gasteiger partial charge on any atom is 0.339 e. The van der Waals surface area contributed by atoms with Crippen LogP contribution in [-0.4, -0.2) is 22.7 Å². The van der Waals surface area contributed by atoms with Crippen molar-refractivity contribution >= 4 is 65.1 Å². The number of nitro groups is 1. The van der Waals surface area contributed by atoms with Crippen molar-refractivity contribution in [2.45, 2.75) is 4.90 Å². The number of hydrogen-bond acceptors (Lipinski definition) is 8. The fourth-order valence-corrected chi connectivity index (χ4v) is 5.61. The highest BCUT2D eigenvalue weighted by Crippen LogP contribution is 2.27. The SMILES string of the molecule is O=c1c(=Cc2cc(OS(=O)(=O)c3ccc([N+](=O)[O-])cc3)ccc2Br)sc2nc3ccccc3n12. The molecule has 0 fully saturated rings. The van der Waals surface area contributed by atoms with Crippen LogP contribution in [0.1, 0.15) is 5.56 Å². The first kappa shape index (κ1) is 22.2. The third kappa shape index (κ3) is 3.95. The summed E-state index contributed by atoms with van der Waals surface area (Å²) in [5.74, 6) is 0.0204. The summed E-state index contributed by atoms with van der Waals surface area (Å²) in [5.41, 5.74) is 1.50. The average Bonchev–Trinajstić information content (AvgIpc) is 3.32. The second-order valence-electron chi connectivity index (χ2n) is 7.11. The smallest absolute Gasteiger partial charge is 0.339 e. The molecule has 5 aromatic rings. The van der Waals surface area contributed by atoms with Gasteiger partial charge in [-0.25, -0.2) is 9.38 Å². The van der Waals surface area contributed by atoms with Crippen LogP contribution in [0.2, 0.25) is 0 Å². The number of benzene rings is 3. The second kappa shape index (κ2) is 8.31. The molecule has 0 saturated heterocycles. The molecule has 0 aliphatic heterocycles. The number of aromatic nitrogens is 2. The lowest BCUT2D eigenvalue weighted by molar-refractivity contribution is -0.384. The summed E-state index contributed by atoms with van der Waals surface area (Å²) in [4.78, 5) is 28.0. The van der Waals surface area contributed by atoms with Crippen LogP contribution >= 0.6 is 27.3 Å². The molecule has 12 heteroatoms. The Balaban J connectivity index is 1.52. The first-order valence-corrected chi connectivity index (χ1v) is 12.6. The van der Waals surface area contributed by atoms with Gasteiger partial charge < -0.3 is 4.18 Å². The Kier molecular flexibility index (Phi) is 5.42. The van der Waals surface area contributed by atoms with Crippen molar-refractivity contribution in [3.05, 3.63) is 102 Å². The molecule has 0 unspecified atom stereocenters.